The second-order valence-corrected chi connectivity index (χ2v) is 17.5. The van der Waals surface area contributed by atoms with Gasteiger partial charge in [0.25, 0.3) is 0 Å². The molecular formula is C44H46F6. The lowest BCUT2D eigenvalue weighted by atomic mass is 9.48. The molecule has 0 spiro atoms. The van der Waals surface area contributed by atoms with Gasteiger partial charge in [0.15, 0.2) is 0 Å². The minimum atomic E-state index is -4.67. The molecule has 0 heterocycles. The highest BCUT2D eigenvalue weighted by molar-refractivity contribution is 5.97. The van der Waals surface area contributed by atoms with E-state index in [1.54, 1.807) is 12.1 Å². The molecule has 0 unspecified atom stereocenters. The number of hydrogen-bond donors (Lipinski definition) is 0. The maximum absolute atomic E-state index is 14.9. The van der Waals surface area contributed by atoms with Gasteiger partial charge in [0.1, 0.15) is 0 Å². The van der Waals surface area contributed by atoms with Crippen LogP contribution in [0.3, 0.4) is 0 Å². The van der Waals surface area contributed by atoms with E-state index in [9.17, 15) is 26.3 Å². The molecule has 50 heavy (non-hydrogen) atoms. The van der Waals surface area contributed by atoms with E-state index in [0.29, 0.717) is 40.0 Å². The van der Waals surface area contributed by atoms with E-state index in [4.69, 9.17) is 0 Å². The first kappa shape index (κ1) is 34.9. The second kappa shape index (κ2) is 11.7. The maximum Gasteiger partial charge on any atom is 0.417 e. The van der Waals surface area contributed by atoms with Gasteiger partial charge >= 0.3 is 12.4 Å². The number of halogens is 6. The molecule has 8 rings (SSSR count). The minimum absolute atomic E-state index is 0.00853. The smallest absolute Gasteiger partial charge is 0.166 e. The average Bonchev–Trinajstić information content (AvgIpc) is 3.01. The molecule has 0 atom stereocenters. The predicted octanol–water partition coefficient (Wildman–Crippen LogP) is 13.8. The molecule has 4 saturated carbocycles. The molecule has 0 N–H and O–H groups in total. The zero-order chi connectivity index (χ0) is 36.0. The molecule has 4 aromatic carbocycles. The molecule has 0 nitrogen and oxygen atoms in total. The van der Waals surface area contributed by atoms with Crippen LogP contribution >= 0.6 is 0 Å². The summed E-state index contributed by atoms with van der Waals surface area (Å²) in [5, 5.41) is 0. The highest BCUT2D eigenvalue weighted by Crippen LogP contribution is 2.62. The summed E-state index contributed by atoms with van der Waals surface area (Å²) in [4.78, 5) is 0. The lowest BCUT2D eigenvalue weighted by molar-refractivity contribution is -0.137. The highest BCUT2D eigenvalue weighted by atomic mass is 19.4. The molecule has 264 valence electrons. The normalized spacial score (nSPS) is 23.8. The second-order valence-electron chi connectivity index (χ2n) is 17.5. The van der Waals surface area contributed by atoms with Crippen LogP contribution in [0.2, 0.25) is 0 Å². The maximum atomic E-state index is 14.9. The van der Waals surface area contributed by atoms with Crippen molar-refractivity contribution in [2.75, 3.05) is 0 Å². The summed E-state index contributed by atoms with van der Waals surface area (Å²) >= 11 is 0. The summed E-state index contributed by atoms with van der Waals surface area (Å²) in [5.41, 5.74) is 1.98. The topological polar surface area (TPSA) is 0 Å². The van der Waals surface area contributed by atoms with Gasteiger partial charge in [0, 0.05) is 0 Å². The fraction of sp³-hybridized carbons (Fsp3) is 0.455. The molecule has 6 heteroatoms. The SMILES string of the molecule is CC(C)(C)c1cc(-c2c(-c3ccccc3C(F)(F)F)cc(C34CC5CC(CC(C5)C3)C4)cc2-c2ccccc2C(F)(F)F)cc(C(C)(C)C)c1. The van der Waals surface area contributed by atoms with Gasteiger partial charge in [-0.2, -0.15) is 26.3 Å². The Labute approximate surface area is 292 Å². The number of alkyl halides is 6. The molecule has 0 radical (unpaired) electrons. The van der Waals surface area contributed by atoms with E-state index >= 15 is 0 Å². The summed E-state index contributed by atoms with van der Waals surface area (Å²) < 4.78 is 89.5. The van der Waals surface area contributed by atoms with Gasteiger partial charge in [0.05, 0.1) is 11.1 Å². The van der Waals surface area contributed by atoms with Crippen molar-refractivity contribution in [2.45, 2.75) is 109 Å². The Bertz CT molecular complexity index is 1780. The Balaban J connectivity index is 1.65. The van der Waals surface area contributed by atoms with Crippen LogP contribution in [0.15, 0.2) is 78.9 Å². The first-order valence-electron chi connectivity index (χ1n) is 17.9. The van der Waals surface area contributed by atoms with Gasteiger partial charge in [-0.15, -0.1) is 0 Å². The summed E-state index contributed by atoms with van der Waals surface area (Å²) in [5.74, 6) is 1.61. The van der Waals surface area contributed by atoms with E-state index in [1.165, 1.54) is 43.5 Å². The van der Waals surface area contributed by atoms with Gasteiger partial charge in [-0.3, -0.25) is 0 Å². The lowest BCUT2D eigenvalue weighted by Crippen LogP contribution is -2.48. The van der Waals surface area contributed by atoms with Crippen LogP contribution in [0.25, 0.3) is 33.4 Å². The van der Waals surface area contributed by atoms with Gasteiger partial charge in [-0.25, -0.2) is 0 Å². The van der Waals surface area contributed by atoms with E-state index in [2.05, 4.69) is 47.6 Å². The van der Waals surface area contributed by atoms with Crippen molar-refractivity contribution in [3.05, 3.63) is 107 Å². The van der Waals surface area contributed by atoms with E-state index in [-0.39, 0.29) is 27.4 Å². The quantitative estimate of drug-likeness (QED) is 0.187. The summed E-state index contributed by atoms with van der Waals surface area (Å²) in [6.45, 7) is 12.5. The molecule has 4 fully saturated rings. The Morgan fingerprint density at radius 2 is 0.880 bits per heavy atom. The van der Waals surface area contributed by atoms with Crippen LogP contribution in [-0.4, -0.2) is 0 Å². The molecule has 4 aromatic rings. The molecule has 4 aliphatic rings. The van der Waals surface area contributed by atoms with Crippen LogP contribution in [0, 0.1) is 17.8 Å². The monoisotopic (exact) mass is 688 g/mol. The average molecular weight is 689 g/mol. The molecule has 0 saturated heterocycles. The van der Waals surface area contributed by atoms with Crippen LogP contribution in [0.5, 0.6) is 0 Å². The third-order valence-electron chi connectivity index (χ3n) is 11.8. The third-order valence-corrected chi connectivity index (χ3v) is 11.8. The predicted molar refractivity (Wildman–Crippen MR) is 190 cm³/mol. The zero-order valence-corrected chi connectivity index (χ0v) is 29.7. The standard InChI is InChI=1S/C44H46F6/c1-40(2,3)30-18-29(19-31(20-30)41(4,5)6)39-35(33-11-7-9-13-37(33)43(45,46)47)21-32(42-23-26-15-27(24-42)17-28(16-26)25-42)22-36(39)34-12-8-10-14-38(34)44(48,49)50/h7-14,18-22,26-28H,15-17,23-25H2,1-6H3. The van der Waals surface area contributed by atoms with Gasteiger partial charge in [-0.05, 0) is 147 Å². The van der Waals surface area contributed by atoms with Crippen molar-refractivity contribution in [3.63, 3.8) is 0 Å². The first-order valence-corrected chi connectivity index (χ1v) is 17.9. The lowest BCUT2D eigenvalue weighted by Gasteiger charge is -2.57. The van der Waals surface area contributed by atoms with Crippen molar-refractivity contribution in [1.29, 1.82) is 0 Å². The van der Waals surface area contributed by atoms with Crippen molar-refractivity contribution in [2.24, 2.45) is 17.8 Å². The summed E-state index contributed by atoms with van der Waals surface area (Å²) in [6, 6.07) is 21.1. The molecular weight excluding hydrogens is 642 g/mol. The van der Waals surface area contributed by atoms with Crippen LogP contribution in [0.1, 0.15) is 108 Å². The van der Waals surface area contributed by atoms with Gasteiger partial charge in [0.2, 0.25) is 0 Å². The van der Waals surface area contributed by atoms with Crippen LogP contribution in [0.4, 0.5) is 26.3 Å². The highest BCUT2D eigenvalue weighted by Gasteiger charge is 2.52. The summed E-state index contributed by atoms with van der Waals surface area (Å²) in [6.07, 6.45) is -3.07. The number of rotatable bonds is 4. The Kier molecular flexibility index (Phi) is 8.20. The van der Waals surface area contributed by atoms with Crippen molar-refractivity contribution >= 4 is 0 Å². The fourth-order valence-electron chi connectivity index (χ4n) is 9.72. The molecule has 0 aromatic heterocycles. The zero-order valence-electron chi connectivity index (χ0n) is 29.7. The Morgan fingerprint density at radius 1 is 0.500 bits per heavy atom. The molecule has 0 amide bonds. The van der Waals surface area contributed by atoms with E-state index in [0.717, 1.165) is 48.1 Å². The third kappa shape index (κ3) is 6.30. The largest absolute Gasteiger partial charge is 0.417 e. The Hall–Kier alpha value is -3.54. The van der Waals surface area contributed by atoms with Crippen LogP contribution in [-0.2, 0) is 28.6 Å². The number of benzene rings is 4. The molecule has 0 aliphatic heterocycles. The van der Waals surface area contributed by atoms with E-state index in [1.807, 2.05) is 24.3 Å². The fourth-order valence-corrected chi connectivity index (χ4v) is 9.72. The van der Waals surface area contributed by atoms with Gasteiger partial charge in [-0.1, -0.05) is 96.1 Å². The minimum Gasteiger partial charge on any atom is -0.166 e. The van der Waals surface area contributed by atoms with Crippen molar-refractivity contribution in [1.82, 2.24) is 0 Å². The molecule has 4 aliphatic carbocycles. The Morgan fingerprint density at radius 3 is 1.24 bits per heavy atom. The summed E-state index contributed by atoms with van der Waals surface area (Å²) in [7, 11) is 0. The van der Waals surface area contributed by atoms with E-state index < -0.39 is 23.5 Å². The number of hydrogen-bond acceptors (Lipinski definition) is 0. The van der Waals surface area contributed by atoms with Crippen molar-refractivity contribution in [3.8, 4) is 33.4 Å². The first-order chi connectivity index (χ1) is 23.2. The van der Waals surface area contributed by atoms with Crippen molar-refractivity contribution < 1.29 is 26.3 Å². The van der Waals surface area contributed by atoms with Gasteiger partial charge < -0.3 is 0 Å². The van der Waals surface area contributed by atoms with Crippen LogP contribution < -0.4 is 0 Å². The molecule has 4 bridgehead atoms.